The molecular weight excluding hydrogens is 323 g/mol. The molecule has 0 N–H and O–H groups in total. The first-order valence-electron chi connectivity index (χ1n) is 7.00. The highest BCUT2D eigenvalue weighted by atomic mass is 35.5. The number of ether oxygens (including phenoxy) is 3. The molecule has 0 saturated carbocycles. The summed E-state index contributed by atoms with van der Waals surface area (Å²) in [6.07, 6.45) is 0. The van der Waals surface area contributed by atoms with Crippen molar-refractivity contribution in [1.29, 1.82) is 0 Å². The van der Waals surface area contributed by atoms with Gasteiger partial charge in [0, 0.05) is 18.6 Å². The molecule has 0 aliphatic rings. The Hall–Kier alpha value is -1.85. The second kappa shape index (κ2) is 6.72. The van der Waals surface area contributed by atoms with Crippen LogP contribution < -0.4 is 9.47 Å². The fraction of sp³-hybridized carbons (Fsp3) is 0.353. The lowest BCUT2D eigenvalue weighted by atomic mass is 9.97. The van der Waals surface area contributed by atoms with E-state index in [1.165, 1.54) is 19.2 Å². The highest BCUT2D eigenvalue weighted by Crippen LogP contribution is 2.38. The van der Waals surface area contributed by atoms with E-state index in [4.69, 9.17) is 25.8 Å². The van der Waals surface area contributed by atoms with Gasteiger partial charge in [-0.3, -0.25) is 4.79 Å². The van der Waals surface area contributed by atoms with Crippen molar-refractivity contribution in [3.8, 4) is 11.5 Å². The molecule has 0 aliphatic carbocycles. The molecule has 0 atom stereocenters. The molecule has 0 bridgehead atoms. The maximum absolute atomic E-state index is 13.8. The summed E-state index contributed by atoms with van der Waals surface area (Å²) in [6.45, 7) is 5.22. The van der Waals surface area contributed by atoms with Gasteiger partial charge >= 0.3 is 5.97 Å². The summed E-state index contributed by atoms with van der Waals surface area (Å²) in [5.74, 6) is -0.461. The molecule has 0 aromatic heterocycles. The lowest BCUT2D eigenvalue weighted by Gasteiger charge is -2.18. The first-order chi connectivity index (χ1) is 10.7. The quantitative estimate of drug-likeness (QED) is 0.465. The van der Waals surface area contributed by atoms with Gasteiger partial charge in [0.1, 0.15) is 17.3 Å². The van der Waals surface area contributed by atoms with E-state index in [0.717, 1.165) is 0 Å². The van der Waals surface area contributed by atoms with Gasteiger partial charge in [0.25, 0.3) is 0 Å². The number of fused-ring (bicyclic) bond motifs is 1. The monoisotopic (exact) mass is 340 g/mol. The van der Waals surface area contributed by atoms with Gasteiger partial charge in [-0.2, -0.15) is 0 Å². The Morgan fingerprint density at radius 2 is 1.96 bits per heavy atom. The summed E-state index contributed by atoms with van der Waals surface area (Å²) in [4.78, 5) is 12.2. The van der Waals surface area contributed by atoms with Crippen LogP contribution in [-0.4, -0.2) is 19.9 Å². The van der Waals surface area contributed by atoms with E-state index in [0.29, 0.717) is 16.5 Å². The summed E-state index contributed by atoms with van der Waals surface area (Å²) in [6, 6.07) is 5.97. The highest BCUT2D eigenvalue weighted by Gasteiger charge is 2.25. The van der Waals surface area contributed by atoms with E-state index in [1.807, 2.05) is 0 Å². The molecule has 6 heteroatoms. The Balaban J connectivity index is 2.57. The SMILES string of the molecule is COCOc1cc(OC(=O)C(C)(C)C)c2c(Cl)c(F)ccc2c1. The van der Waals surface area contributed by atoms with Crippen LogP contribution in [0, 0.1) is 11.2 Å². The Kier molecular flexibility index (Phi) is 5.12. The molecule has 0 fully saturated rings. The Morgan fingerprint density at radius 1 is 1.26 bits per heavy atom. The maximum Gasteiger partial charge on any atom is 0.316 e. The molecule has 2 aromatic rings. The molecule has 0 saturated heterocycles. The number of carbonyl (C=O) groups excluding carboxylic acids is 1. The second-order valence-corrected chi connectivity index (χ2v) is 6.45. The van der Waals surface area contributed by atoms with Crippen LogP contribution in [0.4, 0.5) is 4.39 Å². The molecule has 2 rings (SSSR count). The molecule has 0 unspecified atom stereocenters. The lowest BCUT2D eigenvalue weighted by molar-refractivity contribution is -0.142. The zero-order valence-electron chi connectivity index (χ0n) is 13.4. The molecule has 0 spiro atoms. The van der Waals surface area contributed by atoms with Crippen molar-refractivity contribution in [2.45, 2.75) is 20.8 Å². The van der Waals surface area contributed by atoms with Crippen LogP contribution in [0.3, 0.4) is 0 Å². The Labute approximate surface area is 139 Å². The molecule has 0 amide bonds. The van der Waals surface area contributed by atoms with Gasteiger partial charge in [0.2, 0.25) is 0 Å². The number of methoxy groups -OCH3 is 1. The van der Waals surface area contributed by atoms with Crippen LogP contribution >= 0.6 is 11.6 Å². The van der Waals surface area contributed by atoms with Crippen molar-refractivity contribution in [2.75, 3.05) is 13.9 Å². The minimum Gasteiger partial charge on any atom is -0.467 e. The average molecular weight is 341 g/mol. The van der Waals surface area contributed by atoms with Crippen LogP contribution in [0.1, 0.15) is 20.8 Å². The third-order valence-electron chi connectivity index (χ3n) is 3.10. The molecule has 23 heavy (non-hydrogen) atoms. The molecule has 0 aliphatic heterocycles. The van der Waals surface area contributed by atoms with Crippen molar-refractivity contribution in [3.05, 3.63) is 35.1 Å². The molecular formula is C17H18ClFO4. The fourth-order valence-electron chi connectivity index (χ4n) is 1.88. The van der Waals surface area contributed by atoms with Gasteiger partial charge in [-0.05, 0) is 38.3 Å². The molecule has 124 valence electrons. The number of rotatable bonds is 4. The van der Waals surface area contributed by atoms with Gasteiger partial charge in [-0.15, -0.1) is 0 Å². The zero-order chi connectivity index (χ0) is 17.2. The number of halogens is 2. The lowest BCUT2D eigenvalue weighted by Crippen LogP contribution is -2.25. The van der Waals surface area contributed by atoms with E-state index in [9.17, 15) is 9.18 Å². The number of hydrogen-bond donors (Lipinski definition) is 0. The summed E-state index contributed by atoms with van der Waals surface area (Å²) in [5.41, 5.74) is -0.713. The van der Waals surface area contributed by atoms with E-state index in [2.05, 4.69) is 0 Å². The Morgan fingerprint density at radius 3 is 2.57 bits per heavy atom. The van der Waals surface area contributed by atoms with Gasteiger partial charge in [0.05, 0.1) is 10.4 Å². The van der Waals surface area contributed by atoms with Crippen molar-refractivity contribution < 1.29 is 23.4 Å². The van der Waals surface area contributed by atoms with Crippen molar-refractivity contribution in [1.82, 2.24) is 0 Å². The molecule has 4 nitrogen and oxygen atoms in total. The van der Waals surface area contributed by atoms with E-state index in [-0.39, 0.29) is 17.6 Å². The van der Waals surface area contributed by atoms with Gasteiger partial charge in [-0.1, -0.05) is 17.7 Å². The van der Waals surface area contributed by atoms with Gasteiger partial charge in [-0.25, -0.2) is 4.39 Å². The van der Waals surface area contributed by atoms with Crippen molar-refractivity contribution in [3.63, 3.8) is 0 Å². The Bertz CT molecular complexity index is 737. The second-order valence-electron chi connectivity index (χ2n) is 6.07. The number of benzene rings is 2. The van der Waals surface area contributed by atoms with E-state index >= 15 is 0 Å². The third kappa shape index (κ3) is 3.92. The fourth-order valence-corrected chi connectivity index (χ4v) is 2.14. The van der Waals surface area contributed by atoms with Crippen LogP contribution in [0.5, 0.6) is 11.5 Å². The number of esters is 1. The summed E-state index contributed by atoms with van der Waals surface area (Å²) in [7, 11) is 1.49. The normalized spacial score (nSPS) is 11.6. The predicted molar refractivity (Wildman–Crippen MR) is 86.5 cm³/mol. The van der Waals surface area contributed by atoms with Gasteiger partial charge in [0.15, 0.2) is 6.79 Å². The number of hydrogen-bond acceptors (Lipinski definition) is 4. The van der Waals surface area contributed by atoms with Crippen molar-refractivity contribution >= 4 is 28.3 Å². The van der Waals surface area contributed by atoms with Crippen molar-refractivity contribution in [2.24, 2.45) is 5.41 Å². The minimum absolute atomic E-state index is 0.0348. The standard InChI is InChI=1S/C17H18ClFO4/c1-17(2,3)16(20)23-13-8-11(22-9-21-4)7-10-5-6-12(19)15(18)14(10)13/h5-8H,9H2,1-4H3. The van der Waals surface area contributed by atoms with Gasteiger partial charge < -0.3 is 14.2 Å². The van der Waals surface area contributed by atoms with Crippen LogP contribution in [0.25, 0.3) is 10.8 Å². The summed E-state index contributed by atoms with van der Waals surface area (Å²) in [5, 5.41) is 0.827. The first kappa shape index (κ1) is 17.5. The highest BCUT2D eigenvalue weighted by molar-refractivity contribution is 6.36. The minimum atomic E-state index is -0.713. The maximum atomic E-state index is 13.8. The first-order valence-corrected chi connectivity index (χ1v) is 7.37. The largest absolute Gasteiger partial charge is 0.467 e. The van der Waals surface area contributed by atoms with E-state index in [1.54, 1.807) is 32.9 Å². The summed E-state index contributed by atoms with van der Waals surface area (Å²) < 4.78 is 29.5. The van der Waals surface area contributed by atoms with Crippen LogP contribution in [0.15, 0.2) is 24.3 Å². The van der Waals surface area contributed by atoms with Crippen LogP contribution in [0.2, 0.25) is 5.02 Å². The average Bonchev–Trinajstić information content (AvgIpc) is 2.47. The topological polar surface area (TPSA) is 44.8 Å². The van der Waals surface area contributed by atoms with Crippen LogP contribution in [-0.2, 0) is 9.53 Å². The molecule has 0 radical (unpaired) electrons. The molecule has 0 heterocycles. The summed E-state index contributed by atoms with van der Waals surface area (Å²) >= 11 is 6.05. The predicted octanol–water partition coefficient (Wildman–Crippen LogP) is 4.57. The number of carbonyl (C=O) groups is 1. The smallest absolute Gasteiger partial charge is 0.316 e. The van der Waals surface area contributed by atoms with E-state index < -0.39 is 17.2 Å². The third-order valence-corrected chi connectivity index (χ3v) is 3.47. The zero-order valence-corrected chi connectivity index (χ0v) is 14.2. The molecule has 2 aromatic carbocycles.